The highest BCUT2D eigenvalue weighted by Gasteiger charge is 2.32. The topological polar surface area (TPSA) is 46.5 Å². The third-order valence-corrected chi connectivity index (χ3v) is 2.46. The summed E-state index contributed by atoms with van der Waals surface area (Å²) in [5.41, 5.74) is 0.255. The van der Waals surface area contributed by atoms with Crippen molar-refractivity contribution >= 4 is 16.7 Å². The molecule has 0 unspecified atom stereocenters. The number of carbonyl (C=O) groups is 1. The third kappa shape index (κ3) is 3.37. The quantitative estimate of drug-likeness (QED) is 0.930. The number of fused-ring (bicyclic) bond motifs is 1. The maximum Gasteiger partial charge on any atom is 0.573 e. The number of aliphatic carboxylic acids is 1. The van der Waals surface area contributed by atoms with E-state index in [1.807, 2.05) is 0 Å². The molecule has 6 heteroatoms. The third-order valence-electron chi connectivity index (χ3n) is 2.46. The van der Waals surface area contributed by atoms with Gasteiger partial charge in [0.1, 0.15) is 5.75 Å². The lowest BCUT2D eigenvalue weighted by Crippen LogP contribution is -2.17. The van der Waals surface area contributed by atoms with Crippen LogP contribution in [0.3, 0.4) is 0 Å². The number of ether oxygens (including phenoxy) is 1. The first-order valence-electron chi connectivity index (χ1n) is 5.34. The summed E-state index contributed by atoms with van der Waals surface area (Å²) in [7, 11) is 0. The highest BCUT2D eigenvalue weighted by atomic mass is 19.4. The second-order valence-electron chi connectivity index (χ2n) is 3.93. The van der Waals surface area contributed by atoms with Gasteiger partial charge >= 0.3 is 12.3 Å². The first-order valence-corrected chi connectivity index (χ1v) is 5.34. The van der Waals surface area contributed by atoms with Crippen molar-refractivity contribution in [1.82, 2.24) is 0 Å². The molecule has 2 aromatic carbocycles. The van der Waals surface area contributed by atoms with E-state index < -0.39 is 12.3 Å². The van der Waals surface area contributed by atoms with Gasteiger partial charge in [-0.1, -0.05) is 30.3 Å². The first kappa shape index (κ1) is 13.2. The first-order chi connectivity index (χ1) is 8.85. The van der Waals surface area contributed by atoms with Gasteiger partial charge in [-0.25, -0.2) is 0 Å². The van der Waals surface area contributed by atoms with Crippen molar-refractivity contribution in [3.63, 3.8) is 0 Å². The Hall–Kier alpha value is -2.24. The van der Waals surface area contributed by atoms with Crippen LogP contribution in [0.15, 0.2) is 36.4 Å². The normalized spacial score (nSPS) is 11.5. The zero-order valence-electron chi connectivity index (χ0n) is 9.57. The molecule has 100 valence electrons. The van der Waals surface area contributed by atoms with Gasteiger partial charge in [-0.15, -0.1) is 13.2 Å². The summed E-state index contributed by atoms with van der Waals surface area (Å²) in [4.78, 5) is 10.6. The lowest BCUT2D eigenvalue weighted by Gasteiger charge is -2.13. The predicted octanol–water partition coefficient (Wildman–Crippen LogP) is 3.37. The smallest absolute Gasteiger partial charge is 0.481 e. The number of hydrogen-bond acceptors (Lipinski definition) is 2. The Morgan fingerprint density at radius 1 is 1.21 bits per heavy atom. The van der Waals surface area contributed by atoms with E-state index in [2.05, 4.69) is 4.74 Å². The highest BCUT2D eigenvalue weighted by molar-refractivity contribution is 5.89. The van der Waals surface area contributed by atoms with E-state index in [-0.39, 0.29) is 23.1 Å². The Morgan fingerprint density at radius 2 is 1.89 bits per heavy atom. The van der Waals surface area contributed by atoms with E-state index in [1.54, 1.807) is 18.2 Å². The zero-order chi connectivity index (χ0) is 14.0. The van der Waals surface area contributed by atoms with Crippen molar-refractivity contribution in [2.24, 2.45) is 0 Å². The number of carboxylic acid groups (broad SMARTS) is 1. The standard InChI is InChI=1S/C13H9F3O3/c14-13(15,16)19-11-6-8(7-12(17)18)5-9-3-1-2-4-10(9)11/h1-6H,7H2,(H,17,18). The van der Waals surface area contributed by atoms with Gasteiger partial charge in [0.25, 0.3) is 0 Å². The molecule has 0 radical (unpaired) electrons. The number of hydrogen-bond donors (Lipinski definition) is 1. The predicted molar refractivity (Wildman–Crippen MR) is 62.0 cm³/mol. The monoisotopic (exact) mass is 270 g/mol. The Bertz CT molecular complexity index is 620. The van der Waals surface area contributed by atoms with E-state index in [9.17, 15) is 18.0 Å². The van der Waals surface area contributed by atoms with Gasteiger partial charge in [0.05, 0.1) is 6.42 Å². The van der Waals surface area contributed by atoms with Crippen molar-refractivity contribution in [3.05, 3.63) is 42.0 Å². The van der Waals surface area contributed by atoms with Gasteiger partial charge in [-0.2, -0.15) is 0 Å². The summed E-state index contributed by atoms with van der Waals surface area (Å²) in [6.07, 6.45) is -5.18. The van der Waals surface area contributed by atoms with Crippen LogP contribution in [0.1, 0.15) is 5.56 Å². The summed E-state index contributed by atoms with van der Waals surface area (Å²) in [5, 5.41) is 9.49. The maximum absolute atomic E-state index is 12.3. The average molecular weight is 270 g/mol. The fraction of sp³-hybridized carbons (Fsp3) is 0.154. The van der Waals surface area contributed by atoms with Gasteiger partial charge in [0.2, 0.25) is 0 Å². The summed E-state index contributed by atoms with van der Waals surface area (Å²) in [6, 6.07) is 8.97. The summed E-state index contributed by atoms with van der Waals surface area (Å²) >= 11 is 0. The molecule has 0 bridgehead atoms. The Labute approximate surface area is 106 Å². The van der Waals surface area contributed by atoms with Crippen LogP contribution in [-0.4, -0.2) is 17.4 Å². The van der Waals surface area contributed by atoms with Gasteiger partial charge in [-0.3, -0.25) is 4.79 Å². The number of alkyl halides is 3. The number of carboxylic acids is 1. The Kier molecular flexibility index (Phi) is 3.33. The second-order valence-corrected chi connectivity index (χ2v) is 3.93. The molecule has 1 N–H and O–H groups in total. The summed E-state index contributed by atoms with van der Waals surface area (Å²) < 4.78 is 40.9. The van der Waals surface area contributed by atoms with Crippen LogP contribution in [0.2, 0.25) is 0 Å². The molecule has 0 aromatic heterocycles. The van der Waals surface area contributed by atoms with Crippen molar-refractivity contribution < 1.29 is 27.8 Å². The molecule has 2 rings (SSSR count). The molecule has 0 saturated carbocycles. The van der Waals surface area contributed by atoms with Crippen LogP contribution >= 0.6 is 0 Å². The van der Waals surface area contributed by atoms with Crippen LogP contribution < -0.4 is 4.74 Å². The van der Waals surface area contributed by atoms with E-state index in [0.29, 0.717) is 5.39 Å². The molecule has 3 nitrogen and oxygen atoms in total. The Morgan fingerprint density at radius 3 is 2.53 bits per heavy atom. The zero-order valence-corrected chi connectivity index (χ0v) is 9.57. The molecule has 0 aliphatic carbocycles. The Balaban J connectivity index is 2.54. The fourth-order valence-electron chi connectivity index (χ4n) is 1.82. The number of benzene rings is 2. The lowest BCUT2D eigenvalue weighted by molar-refractivity contribution is -0.274. The van der Waals surface area contributed by atoms with E-state index in [1.165, 1.54) is 12.1 Å². The van der Waals surface area contributed by atoms with Crippen LogP contribution in [-0.2, 0) is 11.2 Å². The summed E-state index contributed by atoms with van der Waals surface area (Å²) in [5.74, 6) is -1.50. The van der Waals surface area contributed by atoms with Crippen LogP contribution in [0, 0.1) is 0 Å². The van der Waals surface area contributed by atoms with Gasteiger partial charge in [-0.05, 0) is 17.0 Å². The van der Waals surface area contributed by atoms with Crippen LogP contribution in [0.4, 0.5) is 13.2 Å². The van der Waals surface area contributed by atoms with Crippen molar-refractivity contribution in [3.8, 4) is 5.75 Å². The van der Waals surface area contributed by atoms with Gasteiger partial charge in [0.15, 0.2) is 0 Å². The van der Waals surface area contributed by atoms with E-state index in [0.717, 1.165) is 6.07 Å². The molecule has 0 fully saturated rings. The minimum Gasteiger partial charge on any atom is -0.481 e. The second kappa shape index (κ2) is 4.79. The highest BCUT2D eigenvalue weighted by Crippen LogP contribution is 2.32. The molecule has 0 amide bonds. The van der Waals surface area contributed by atoms with Crippen molar-refractivity contribution in [2.45, 2.75) is 12.8 Å². The van der Waals surface area contributed by atoms with E-state index >= 15 is 0 Å². The fourth-order valence-corrected chi connectivity index (χ4v) is 1.82. The summed E-state index contributed by atoms with van der Waals surface area (Å²) in [6.45, 7) is 0. The molecule has 0 atom stereocenters. The van der Waals surface area contributed by atoms with Gasteiger partial charge < -0.3 is 9.84 Å². The molecule has 0 saturated heterocycles. The molecule has 19 heavy (non-hydrogen) atoms. The van der Waals surface area contributed by atoms with E-state index in [4.69, 9.17) is 5.11 Å². The molecule has 2 aromatic rings. The molecule has 0 heterocycles. The number of halogens is 3. The molecular formula is C13H9F3O3. The molecule has 0 spiro atoms. The number of rotatable bonds is 3. The van der Waals surface area contributed by atoms with Crippen LogP contribution in [0.25, 0.3) is 10.8 Å². The largest absolute Gasteiger partial charge is 0.573 e. The molecular weight excluding hydrogens is 261 g/mol. The maximum atomic E-state index is 12.3. The lowest BCUT2D eigenvalue weighted by atomic mass is 10.0. The van der Waals surface area contributed by atoms with Crippen molar-refractivity contribution in [1.29, 1.82) is 0 Å². The van der Waals surface area contributed by atoms with Gasteiger partial charge in [0, 0.05) is 5.39 Å². The molecule has 0 aliphatic heterocycles. The SMILES string of the molecule is O=C(O)Cc1cc(OC(F)(F)F)c2ccccc2c1. The van der Waals surface area contributed by atoms with Crippen molar-refractivity contribution in [2.75, 3.05) is 0 Å². The van der Waals surface area contributed by atoms with Crippen LogP contribution in [0.5, 0.6) is 5.75 Å². The molecule has 0 aliphatic rings. The minimum absolute atomic E-state index is 0.255. The average Bonchev–Trinajstić information content (AvgIpc) is 2.26. The minimum atomic E-state index is -4.81.